The molecule has 0 N–H and O–H groups in total. The van der Waals surface area contributed by atoms with Crippen LogP contribution in [0.1, 0.15) is 16.7 Å². The normalized spacial score (nSPS) is 15.7. The predicted molar refractivity (Wildman–Crippen MR) is 111 cm³/mol. The lowest BCUT2D eigenvalue weighted by molar-refractivity contribution is -0.113. The predicted octanol–water partition coefficient (Wildman–Crippen LogP) is 4.73. The monoisotopic (exact) mass is 385 g/mol. The molecule has 0 atom stereocenters. The van der Waals surface area contributed by atoms with E-state index in [0.29, 0.717) is 20.7 Å². The molecule has 26 heavy (non-hydrogen) atoms. The molecule has 0 bridgehead atoms. The van der Waals surface area contributed by atoms with E-state index in [1.165, 1.54) is 11.8 Å². The van der Waals surface area contributed by atoms with E-state index in [-0.39, 0.29) is 5.91 Å². The van der Waals surface area contributed by atoms with Crippen molar-refractivity contribution in [3.05, 3.63) is 58.0 Å². The fraction of sp³-hybridized carbons (Fsp3) is 0.200. The molecule has 0 saturated carbocycles. The highest BCUT2D eigenvalue weighted by molar-refractivity contribution is 8.27. The molecule has 0 aliphatic carbocycles. The van der Waals surface area contributed by atoms with Crippen LogP contribution in [0.2, 0.25) is 0 Å². The van der Waals surface area contributed by atoms with Gasteiger partial charge in [0.15, 0.2) is 15.8 Å². The Kier molecular flexibility index (Phi) is 5.34. The van der Waals surface area contributed by atoms with E-state index in [1.807, 2.05) is 56.3 Å². The number of amides is 1. The summed E-state index contributed by atoms with van der Waals surface area (Å²) in [6.45, 7) is 3.98. The minimum absolute atomic E-state index is 0.108. The number of methoxy groups -OCH3 is 2. The number of thiocarbonyl (C=S) groups is 1. The van der Waals surface area contributed by atoms with Crippen LogP contribution in [-0.4, -0.2) is 24.4 Å². The quantitative estimate of drug-likeness (QED) is 0.562. The molecule has 1 aliphatic heterocycles. The average Bonchev–Trinajstić information content (AvgIpc) is 2.90. The molecule has 1 saturated heterocycles. The van der Waals surface area contributed by atoms with Gasteiger partial charge in [-0.3, -0.25) is 9.69 Å². The fourth-order valence-corrected chi connectivity index (χ4v) is 4.01. The van der Waals surface area contributed by atoms with Crippen LogP contribution in [0.5, 0.6) is 11.5 Å². The summed E-state index contributed by atoms with van der Waals surface area (Å²) in [6, 6.07) is 11.5. The number of carbonyl (C=O) groups is 1. The number of hydrogen-bond donors (Lipinski definition) is 0. The number of nitrogens with zero attached hydrogens (tertiary/aromatic N) is 1. The van der Waals surface area contributed by atoms with Crippen LogP contribution < -0.4 is 14.4 Å². The number of thioether (sulfide) groups is 1. The topological polar surface area (TPSA) is 38.8 Å². The van der Waals surface area contributed by atoms with E-state index in [0.717, 1.165) is 22.4 Å². The lowest BCUT2D eigenvalue weighted by atomic mass is 10.1. The van der Waals surface area contributed by atoms with Crippen LogP contribution in [0.25, 0.3) is 6.08 Å². The molecule has 1 fully saturated rings. The van der Waals surface area contributed by atoms with E-state index in [2.05, 4.69) is 0 Å². The van der Waals surface area contributed by atoms with Gasteiger partial charge < -0.3 is 9.47 Å². The van der Waals surface area contributed by atoms with Gasteiger partial charge in [-0.05, 0) is 54.8 Å². The van der Waals surface area contributed by atoms with E-state index < -0.39 is 0 Å². The van der Waals surface area contributed by atoms with Gasteiger partial charge in [-0.1, -0.05) is 42.2 Å². The smallest absolute Gasteiger partial charge is 0.270 e. The number of carbonyl (C=O) groups excluding carboxylic acids is 1. The number of anilines is 1. The minimum Gasteiger partial charge on any atom is -0.493 e. The van der Waals surface area contributed by atoms with Gasteiger partial charge in [0.1, 0.15) is 0 Å². The van der Waals surface area contributed by atoms with Crippen LogP contribution in [0, 0.1) is 13.8 Å². The highest BCUT2D eigenvalue weighted by Gasteiger charge is 2.34. The first-order valence-corrected chi connectivity index (χ1v) is 9.24. The fourth-order valence-electron chi connectivity index (χ4n) is 2.73. The molecule has 1 heterocycles. The van der Waals surface area contributed by atoms with Crippen molar-refractivity contribution in [3.63, 3.8) is 0 Å². The molecule has 1 amide bonds. The zero-order valence-corrected chi connectivity index (χ0v) is 16.7. The van der Waals surface area contributed by atoms with Crippen molar-refractivity contribution in [3.8, 4) is 11.5 Å². The summed E-state index contributed by atoms with van der Waals surface area (Å²) in [5.41, 5.74) is 3.79. The van der Waals surface area contributed by atoms with Gasteiger partial charge in [-0.2, -0.15) is 0 Å². The Morgan fingerprint density at radius 2 is 1.77 bits per heavy atom. The molecule has 0 radical (unpaired) electrons. The highest BCUT2D eigenvalue weighted by Crippen LogP contribution is 2.38. The van der Waals surface area contributed by atoms with E-state index in [9.17, 15) is 4.79 Å². The number of benzene rings is 2. The van der Waals surface area contributed by atoms with Crippen molar-refractivity contribution in [1.29, 1.82) is 0 Å². The molecule has 0 spiro atoms. The minimum atomic E-state index is -0.108. The van der Waals surface area contributed by atoms with Crippen LogP contribution >= 0.6 is 24.0 Å². The van der Waals surface area contributed by atoms with Gasteiger partial charge in [0.05, 0.1) is 24.8 Å². The molecule has 1 aliphatic rings. The van der Waals surface area contributed by atoms with E-state index in [4.69, 9.17) is 21.7 Å². The first-order chi connectivity index (χ1) is 12.4. The maximum atomic E-state index is 13.0. The van der Waals surface area contributed by atoms with Crippen LogP contribution in [0.3, 0.4) is 0 Å². The Morgan fingerprint density at radius 1 is 1.04 bits per heavy atom. The summed E-state index contributed by atoms with van der Waals surface area (Å²) in [5, 5.41) is 0. The summed E-state index contributed by atoms with van der Waals surface area (Å²) in [6.07, 6.45) is 1.83. The Morgan fingerprint density at radius 3 is 2.46 bits per heavy atom. The molecular formula is C20H19NO3S2. The second-order valence-electron chi connectivity index (χ2n) is 5.92. The Hall–Kier alpha value is -2.31. The van der Waals surface area contributed by atoms with Gasteiger partial charge >= 0.3 is 0 Å². The van der Waals surface area contributed by atoms with Crippen molar-refractivity contribution < 1.29 is 14.3 Å². The Balaban J connectivity index is 1.96. The zero-order chi connectivity index (χ0) is 18.8. The van der Waals surface area contributed by atoms with Crippen molar-refractivity contribution in [1.82, 2.24) is 0 Å². The largest absolute Gasteiger partial charge is 0.493 e. The molecule has 0 aromatic heterocycles. The Labute approximate surface area is 162 Å². The number of aryl methyl sites for hydroxylation is 2. The van der Waals surface area contributed by atoms with Crippen molar-refractivity contribution in [2.75, 3.05) is 19.1 Å². The summed E-state index contributed by atoms with van der Waals surface area (Å²) >= 11 is 6.77. The molecule has 0 unspecified atom stereocenters. The van der Waals surface area contributed by atoms with Gasteiger partial charge in [-0.15, -0.1) is 0 Å². The van der Waals surface area contributed by atoms with Crippen molar-refractivity contribution >= 4 is 46.0 Å². The van der Waals surface area contributed by atoms with Gasteiger partial charge in [0, 0.05) is 0 Å². The molecule has 2 aromatic rings. The SMILES string of the molecule is COc1ccc(/C=C2\SC(=S)N(c3cc(C)ccc3C)C2=O)cc1OC. The van der Waals surface area contributed by atoms with E-state index >= 15 is 0 Å². The number of rotatable bonds is 4. The summed E-state index contributed by atoms with van der Waals surface area (Å²) in [4.78, 5) is 15.1. The third-order valence-electron chi connectivity index (χ3n) is 4.10. The first-order valence-electron chi connectivity index (χ1n) is 8.02. The number of ether oxygens (including phenoxy) is 2. The van der Waals surface area contributed by atoms with Gasteiger partial charge in [0.25, 0.3) is 5.91 Å². The number of hydrogen-bond acceptors (Lipinski definition) is 5. The van der Waals surface area contributed by atoms with Crippen LogP contribution in [-0.2, 0) is 4.79 Å². The lowest BCUT2D eigenvalue weighted by Crippen LogP contribution is -2.28. The first kappa shape index (κ1) is 18.5. The second kappa shape index (κ2) is 7.51. The highest BCUT2D eigenvalue weighted by atomic mass is 32.2. The second-order valence-corrected chi connectivity index (χ2v) is 7.60. The lowest BCUT2D eigenvalue weighted by Gasteiger charge is -2.17. The van der Waals surface area contributed by atoms with Crippen molar-refractivity contribution in [2.24, 2.45) is 0 Å². The summed E-state index contributed by atoms with van der Waals surface area (Å²) in [7, 11) is 3.18. The Bertz CT molecular complexity index is 921. The van der Waals surface area contributed by atoms with Crippen LogP contribution in [0.15, 0.2) is 41.3 Å². The molecule has 4 nitrogen and oxygen atoms in total. The third-order valence-corrected chi connectivity index (χ3v) is 5.41. The third kappa shape index (κ3) is 3.48. The van der Waals surface area contributed by atoms with Crippen molar-refractivity contribution in [2.45, 2.75) is 13.8 Å². The molecular weight excluding hydrogens is 366 g/mol. The maximum absolute atomic E-state index is 13.0. The molecule has 134 valence electrons. The van der Waals surface area contributed by atoms with E-state index in [1.54, 1.807) is 19.1 Å². The maximum Gasteiger partial charge on any atom is 0.270 e. The van der Waals surface area contributed by atoms with Gasteiger partial charge in [-0.25, -0.2) is 0 Å². The summed E-state index contributed by atoms with van der Waals surface area (Å²) < 4.78 is 11.1. The molecule has 2 aromatic carbocycles. The zero-order valence-electron chi connectivity index (χ0n) is 15.0. The van der Waals surface area contributed by atoms with Gasteiger partial charge in [0.2, 0.25) is 0 Å². The molecule has 6 heteroatoms. The standard InChI is InChI=1S/C20H19NO3S2/c1-12-5-6-13(2)15(9-12)21-19(22)18(26-20(21)25)11-14-7-8-16(23-3)17(10-14)24-4/h5-11H,1-4H3/b18-11-. The average molecular weight is 386 g/mol. The van der Waals surface area contributed by atoms with Crippen LogP contribution in [0.4, 0.5) is 5.69 Å². The summed E-state index contributed by atoms with van der Waals surface area (Å²) in [5.74, 6) is 1.15. The molecule has 3 rings (SSSR count).